The van der Waals surface area contributed by atoms with Crippen molar-refractivity contribution >= 4 is 28.9 Å². The number of hydrogen-bond acceptors (Lipinski definition) is 4. The Morgan fingerprint density at radius 3 is 2.82 bits per heavy atom. The molecule has 0 atom stereocenters. The van der Waals surface area contributed by atoms with Gasteiger partial charge in [0.25, 0.3) is 0 Å². The number of ether oxygens (including phenoxy) is 1. The maximum atomic E-state index is 11.2. The van der Waals surface area contributed by atoms with Crippen LogP contribution in [0.5, 0.6) is 5.75 Å². The van der Waals surface area contributed by atoms with Crippen LogP contribution in [0.15, 0.2) is 18.2 Å². The molecule has 0 amide bonds. The van der Waals surface area contributed by atoms with Gasteiger partial charge in [-0.1, -0.05) is 31.4 Å². The minimum atomic E-state index is -0.964. The van der Waals surface area contributed by atoms with Gasteiger partial charge in [0.05, 0.1) is 17.9 Å². The summed E-state index contributed by atoms with van der Waals surface area (Å²) in [5.74, 6) is -0.278. The summed E-state index contributed by atoms with van der Waals surface area (Å²) in [6.07, 6.45) is 3.22. The first-order valence-electron chi connectivity index (χ1n) is 7.16. The molecule has 2 rings (SSSR count). The van der Waals surface area contributed by atoms with Crippen LogP contribution in [-0.2, 0) is 0 Å². The summed E-state index contributed by atoms with van der Waals surface area (Å²) in [4.78, 5) is 15.8. The molecule has 1 aromatic carbocycles. The van der Waals surface area contributed by atoms with Crippen molar-refractivity contribution in [1.29, 1.82) is 0 Å². The van der Waals surface area contributed by atoms with Crippen LogP contribution in [0.3, 0.4) is 0 Å². The molecule has 0 bridgehead atoms. The zero-order chi connectivity index (χ0) is 16.1. The molecule has 0 saturated heterocycles. The zero-order valence-corrected chi connectivity index (χ0v) is 14.1. The Morgan fingerprint density at radius 1 is 1.41 bits per heavy atom. The van der Waals surface area contributed by atoms with E-state index in [1.807, 2.05) is 0 Å². The Labute approximate surface area is 138 Å². The third kappa shape index (κ3) is 3.99. The highest BCUT2D eigenvalue weighted by Gasteiger charge is 2.18. The highest BCUT2D eigenvalue weighted by molar-refractivity contribution is 7.17. The fourth-order valence-corrected chi connectivity index (χ4v) is 3.14. The Morgan fingerprint density at radius 2 is 2.18 bits per heavy atom. The number of carboxylic acid groups (broad SMARTS) is 1. The lowest BCUT2D eigenvalue weighted by molar-refractivity contribution is 0.0701. The number of unbranched alkanes of at least 4 members (excludes halogenated alkanes) is 2. The maximum absolute atomic E-state index is 11.2. The fourth-order valence-electron chi connectivity index (χ4n) is 2.04. The number of halogens is 1. The molecule has 0 aliphatic heterocycles. The second-order valence-electron chi connectivity index (χ2n) is 4.93. The van der Waals surface area contributed by atoms with Gasteiger partial charge in [-0.05, 0) is 31.5 Å². The first kappa shape index (κ1) is 16.8. The molecule has 0 fully saturated rings. The van der Waals surface area contributed by atoms with Crippen LogP contribution in [0.4, 0.5) is 0 Å². The van der Waals surface area contributed by atoms with Gasteiger partial charge in [0.15, 0.2) is 0 Å². The lowest BCUT2D eigenvalue weighted by Gasteiger charge is -2.10. The Hall–Kier alpha value is -1.59. The van der Waals surface area contributed by atoms with E-state index in [1.165, 1.54) is 0 Å². The highest BCUT2D eigenvalue weighted by Crippen LogP contribution is 2.36. The molecule has 118 valence electrons. The van der Waals surface area contributed by atoms with E-state index in [4.69, 9.17) is 21.4 Å². The highest BCUT2D eigenvalue weighted by atomic mass is 35.5. The van der Waals surface area contributed by atoms with Gasteiger partial charge in [-0.15, -0.1) is 11.3 Å². The number of aromatic nitrogens is 1. The number of carbonyl (C=O) groups is 1. The zero-order valence-electron chi connectivity index (χ0n) is 12.6. The molecule has 1 N–H and O–H groups in total. The van der Waals surface area contributed by atoms with E-state index in [2.05, 4.69) is 11.9 Å². The molecule has 0 aliphatic rings. The number of aryl methyl sites for hydroxylation is 1. The standard InChI is InChI=1S/C16H18ClNO3S/c1-3-4-5-8-21-13-7-6-11(17)9-12(13)15-18-10(2)14(22-15)16(19)20/h6-7,9H,3-5,8H2,1-2H3,(H,19,20). The quantitative estimate of drug-likeness (QED) is 0.718. The van der Waals surface area contributed by atoms with E-state index in [9.17, 15) is 4.79 Å². The summed E-state index contributed by atoms with van der Waals surface area (Å²) in [5.41, 5.74) is 1.24. The first-order valence-corrected chi connectivity index (χ1v) is 8.35. The summed E-state index contributed by atoms with van der Waals surface area (Å²) in [6, 6.07) is 5.33. The van der Waals surface area contributed by atoms with Crippen molar-refractivity contribution in [3.63, 3.8) is 0 Å². The maximum Gasteiger partial charge on any atom is 0.347 e. The monoisotopic (exact) mass is 339 g/mol. The molecule has 0 aliphatic carbocycles. The molecule has 1 heterocycles. The Kier molecular flexibility index (Phi) is 5.80. The minimum absolute atomic E-state index is 0.243. The van der Waals surface area contributed by atoms with Crippen molar-refractivity contribution in [2.45, 2.75) is 33.1 Å². The summed E-state index contributed by atoms with van der Waals surface area (Å²) in [7, 11) is 0. The number of rotatable bonds is 7. The van der Waals surface area contributed by atoms with E-state index in [0.717, 1.165) is 36.2 Å². The number of hydrogen-bond donors (Lipinski definition) is 1. The number of benzene rings is 1. The van der Waals surface area contributed by atoms with Gasteiger partial charge in [-0.25, -0.2) is 9.78 Å². The molecule has 22 heavy (non-hydrogen) atoms. The van der Waals surface area contributed by atoms with Crippen molar-refractivity contribution in [3.8, 4) is 16.3 Å². The van der Waals surface area contributed by atoms with E-state index < -0.39 is 5.97 Å². The van der Waals surface area contributed by atoms with Gasteiger partial charge >= 0.3 is 5.97 Å². The molecule has 4 nitrogen and oxygen atoms in total. The van der Waals surface area contributed by atoms with Crippen molar-refractivity contribution in [3.05, 3.63) is 33.8 Å². The van der Waals surface area contributed by atoms with E-state index in [0.29, 0.717) is 28.1 Å². The van der Waals surface area contributed by atoms with Gasteiger partial charge in [0, 0.05) is 5.02 Å². The lowest BCUT2D eigenvalue weighted by Crippen LogP contribution is -1.98. The van der Waals surface area contributed by atoms with Crippen LogP contribution in [0.2, 0.25) is 5.02 Å². The Balaban J connectivity index is 2.30. The van der Waals surface area contributed by atoms with Crippen molar-refractivity contribution in [1.82, 2.24) is 4.98 Å². The summed E-state index contributed by atoms with van der Waals surface area (Å²) >= 11 is 7.20. The van der Waals surface area contributed by atoms with Gasteiger partial charge in [-0.3, -0.25) is 0 Å². The molecule has 0 spiro atoms. The summed E-state index contributed by atoms with van der Waals surface area (Å²) in [5, 5.41) is 10.3. The van der Waals surface area contributed by atoms with Crippen molar-refractivity contribution in [2.24, 2.45) is 0 Å². The predicted octanol–water partition coefficient (Wildman–Crippen LogP) is 5.04. The van der Waals surface area contributed by atoms with Crippen LogP contribution in [0, 0.1) is 6.92 Å². The van der Waals surface area contributed by atoms with Crippen LogP contribution < -0.4 is 4.74 Å². The third-order valence-electron chi connectivity index (χ3n) is 3.17. The van der Waals surface area contributed by atoms with E-state index in [1.54, 1.807) is 25.1 Å². The van der Waals surface area contributed by atoms with Crippen LogP contribution >= 0.6 is 22.9 Å². The van der Waals surface area contributed by atoms with Gasteiger partial charge in [0.1, 0.15) is 15.6 Å². The predicted molar refractivity (Wildman–Crippen MR) is 89.3 cm³/mol. The van der Waals surface area contributed by atoms with Gasteiger partial charge < -0.3 is 9.84 Å². The normalized spacial score (nSPS) is 10.7. The molecule has 0 radical (unpaired) electrons. The third-order valence-corrected chi connectivity index (χ3v) is 4.58. The molecule has 2 aromatic rings. The fraction of sp³-hybridized carbons (Fsp3) is 0.375. The molecule has 0 saturated carbocycles. The SMILES string of the molecule is CCCCCOc1ccc(Cl)cc1-c1nc(C)c(C(=O)O)s1. The number of carboxylic acids is 1. The van der Waals surface area contributed by atoms with E-state index >= 15 is 0 Å². The summed E-state index contributed by atoms with van der Waals surface area (Å²) < 4.78 is 5.82. The van der Waals surface area contributed by atoms with Crippen molar-refractivity contribution in [2.75, 3.05) is 6.61 Å². The molecular weight excluding hydrogens is 322 g/mol. The topological polar surface area (TPSA) is 59.4 Å². The van der Waals surface area contributed by atoms with Crippen LogP contribution in [-0.4, -0.2) is 22.7 Å². The average molecular weight is 340 g/mol. The molecular formula is C16H18ClNO3S. The number of thiazole rings is 1. The number of nitrogens with zero attached hydrogens (tertiary/aromatic N) is 1. The van der Waals surface area contributed by atoms with Gasteiger partial charge in [-0.2, -0.15) is 0 Å². The van der Waals surface area contributed by atoms with Crippen LogP contribution in [0.1, 0.15) is 41.6 Å². The van der Waals surface area contributed by atoms with Crippen LogP contribution in [0.25, 0.3) is 10.6 Å². The number of aromatic carboxylic acids is 1. The second kappa shape index (κ2) is 7.61. The lowest BCUT2D eigenvalue weighted by atomic mass is 10.2. The Bertz CT molecular complexity index is 669. The molecule has 0 unspecified atom stereocenters. The largest absolute Gasteiger partial charge is 0.493 e. The summed E-state index contributed by atoms with van der Waals surface area (Å²) in [6.45, 7) is 4.45. The molecule has 1 aromatic heterocycles. The first-order chi connectivity index (χ1) is 10.5. The molecule has 6 heteroatoms. The van der Waals surface area contributed by atoms with Crippen molar-refractivity contribution < 1.29 is 14.6 Å². The van der Waals surface area contributed by atoms with E-state index in [-0.39, 0.29) is 4.88 Å². The smallest absolute Gasteiger partial charge is 0.347 e. The second-order valence-corrected chi connectivity index (χ2v) is 6.37. The minimum Gasteiger partial charge on any atom is -0.493 e. The average Bonchev–Trinajstić information content (AvgIpc) is 2.87. The van der Waals surface area contributed by atoms with Gasteiger partial charge in [0.2, 0.25) is 0 Å².